The maximum absolute atomic E-state index is 13.8. The summed E-state index contributed by atoms with van der Waals surface area (Å²) in [6.45, 7) is 7.40. The monoisotopic (exact) mass is 515 g/mol. The number of pyridine rings is 1. The highest BCUT2D eigenvalue weighted by Gasteiger charge is 2.33. The summed E-state index contributed by atoms with van der Waals surface area (Å²) < 4.78 is 13.6. The number of halogens is 1. The van der Waals surface area contributed by atoms with E-state index in [9.17, 15) is 14.0 Å². The first-order valence-corrected chi connectivity index (χ1v) is 12.2. The zero-order chi connectivity index (χ0) is 27.3. The van der Waals surface area contributed by atoms with Gasteiger partial charge in [0.2, 0.25) is 17.6 Å². The Bertz CT molecular complexity index is 1380. The molecule has 2 amide bonds. The minimum atomic E-state index is -0.977. The first kappa shape index (κ1) is 26.6. The molecular weight excluding hydrogens is 485 g/mol. The predicted molar refractivity (Wildman–Crippen MR) is 140 cm³/mol. The molecule has 4 rings (SSSR count). The standard InChI is InChI=1S/C28H30FN7O2/c1-19-5-9-22(10-6-19)26-32-34-36(33-26)18-24(37)35(17-20-7-11-23(29)12-8-20)25(21-13-15-30-16-14-21)27(38)31-28(2,3)4/h5-16,25H,17-18H2,1-4H3,(H,31,38)/t25-/m0/s1. The Morgan fingerprint density at radius 2 is 1.66 bits per heavy atom. The first-order valence-electron chi connectivity index (χ1n) is 12.2. The fourth-order valence-corrected chi connectivity index (χ4v) is 3.91. The van der Waals surface area contributed by atoms with Crippen molar-refractivity contribution in [1.29, 1.82) is 0 Å². The van der Waals surface area contributed by atoms with Crippen molar-refractivity contribution in [2.24, 2.45) is 0 Å². The molecule has 0 unspecified atom stereocenters. The normalized spacial score (nSPS) is 12.1. The van der Waals surface area contributed by atoms with Crippen LogP contribution < -0.4 is 5.32 Å². The Kier molecular flexibility index (Phi) is 7.90. The maximum atomic E-state index is 13.8. The molecule has 2 aromatic heterocycles. The van der Waals surface area contributed by atoms with E-state index < -0.39 is 23.3 Å². The number of amides is 2. The van der Waals surface area contributed by atoms with E-state index >= 15 is 0 Å². The Morgan fingerprint density at radius 3 is 2.29 bits per heavy atom. The second-order valence-electron chi connectivity index (χ2n) is 10.1. The molecule has 0 saturated heterocycles. The largest absolute Gasteiger partial charge is 0.349 e. The number of hydrogen-bond donors (Lipinski definition) is 1. The third-order valence-corrected chi connectivity index (χ3v) is 5.71. The number of aryl methyl sites for hydroxylation is 1. The summed E-state index contributed by atoms with van der Waals surface area (Å²) in [5.41, 5.74) is 2.59. The van der Waals surface area contributed by atoms with Crippen LogP contribution in [0.15, 0.2) is 73.1 Å². The van der Waals surface area contributed by atoms with Crippen molar-refractivity contribution in [2.75, 3.05) is 0 Å². The van der Waals surface area contributed by atoms with E-state index in [1.54, 1.807) is 36.7 Å². The molecule has 0 aliphatic carbocycles. The highest BCUT2D eigenvalue weighted by atomic mass is 19.1. The molecule has 0 bridgehead atoms. The summed E-state index contributed by atoms with van der Waals surface area (Å²) in [6.07, 6.45) is 3.14. The third kappa shape index (κ3) is 6.84. The van der Waals surface area contributed by atoms with Crippen LogP contribution in [0.1, 0.15) is 43.5 Å². The van der Waals surface area contributed by atoms with E-state index in [1.807, 2.05) is 52.0 Å². The second kappa shape index (κ2) is 11.3. The minimum Gasteiger partial charge on any atom is -0.349 e. The van der Waals surface area contributed by atoms with Crippen LogP contribution in [0.5, 0.6) is 0 Å². The summed E-state index contributed by atoms with van der Waals surface area (Å²) >= 11 is 0. The molecule has 4 aromatic rings. The van der Waals surface area contributed by atoms with Crippen molar-refractivity contribution in [3.63, 3.8) is 0 Å². The minimum absolute atomic E-state index is 0.0587. The fourth-order valence-electron chi connectivity index (χ4n) is 3.91. The number of nitrogens with zero attached hydrogens (tertiary/aromatic N) is 6. The molecule has 10 heteroatoms. The van der Waals surface area contributed by atoms with Gasteiger partial charge in [0.05, 0.1) is 0 Å². The van der Waals surface area contributed by atoms with E-state index in [0.29, 0.717) is 17.0 Å². The first-order chi connectivity index (χ1) is 18.1. The van der Waals surface area contributed by atoms with Crippen molar-refractivity contribution in [1.82, 2.24) is 35.4 Å². The summed E-state index contributed by atoms with van der Waals surface area (Å²) in [5, 5.41) is 15.5. The Morgan fingerprint density at radius 1 is 1.00 bits per heavy atom. The van der Waals surface area contributed by atoms with Crippen LogP contribution in [0.3, 0.4) is 0 Å². The van der Waals surface area contributed by atoms with Gasteiger partial charge in [-0.15, -0.1) is 10.2 Å². The fraction of sp³-hybridized carbons (Fsp3) is 0.286. The van der Waals surface area contributed by atoms with E-state index in [1.165, 1.54) is 21.8 Å². The van der Waals surface area contributed by atoms with Crippen LogP contribution in [-0.4, -0.2) is 47.4 Å². The van der Waals surface area contributed by atoms with Crippen molar-refractivity contribution in [3.05, 3.63) is 95.6 Å². The Hall–Kier alpha value is -4.47. The smallest absolute Gasteiger partial charge is 0.247 e. The SMILES string of the molecule is Cc1ccc(-c2nnn(CC(=O)N(Cc3ccc(F)cc3)[C@H](C(=O)NC(C)(C)C)c3ccncc3)n2)cc1. The van der Waals surface area contributed by atoms with Crippen LogP contribution >= 0.6 is 0 Å². The Labute approximate surface area is 220 Å². The van der Waals surface area contributed by atoms with Gasteiger partial charge in [-0.05, 0) is 68.3 Å². The average Bonchev–Trinajstić information content (AvgIpc) is 3.33. The molecule has 1 N–H and O–H groups in total. The molecule has 9 nitrogen and oxygen atoms in total. The summed E-state index contributed by atoms with van der Waals surface area (Å²) in [7, 11) is 0. The van der Waals surface area contributed by atoms with Gasteiger partial charge in [0.25, 0.3) is 0 Å². The molecule has 0 saturated carbocycles. The van der Waals surface area contributed by atoms with Gasteiger partial charge in [-0.1, -0.05) is 42.0 Å². The molecule has 38 heavy (non-hydrogen) atoms. The van der Waals surface area contributed by atoms with Crippen LogP contribution in [-0.2, 0) is 22.7 Å². The number of hydrogen-bond acceptors (Lipinski definition) is 6. The number of nitrogens with one attached hydrogen (secondary N) is 1. The van der Waals surface area contributed by atoms with Crippen LogP contribution in [0.4, 0.5) is 4.39 Å². The highest BCUT2D eigenvalue weighted by Crippen LogP contribution is 2.25. The van der Waals surface area contributed by atoms with Gasteiger partial charge >= 0.3 is 0 Å². The molecule has 1 atom stereocenters. The van der Waals surface area contributed by atoms with Crippen molar-refractivity contribution in [3.8, 4) is 11.4 Å². The molecule has 2 heterocycles. The van der Waals surface area contributed by atoms with Gasteiger partial charge in [0, 0.05) is 30.0 Å². The third-order valence-electron chi connectivity index (χ3n) is 5.71. The topological polar surface area (TPSA) is 106 Å². The van der Waals surface area contributed by atoms with Crippen LogP contribution in [0, 0.1) is 12.7 Å². The number of rotatable bonds is 8. The van der Waals surface area contributed by atoms with E-state index in [-0.39, 0.29) is 19.0 Å². The summed E-state index contributed by atoms with van der Waals surface area (Å²) in [6, 6.07) is 15.9. The molecule has 0 fully saturated rings. The van der Waals surface area contributed by atoms with Gasteiger partial charge in [-0.2, -0.15) is 4.80 Å². The van der Waals surface area contributed by atoms with Gasteiger partial charge < -0.3 is 10.2 Å². The van der Waals surface area contributed by atoms with Crippen molar-refractivity contribution < 1.29 is 14.0 Å². The van der Waals surface area contributed by atoms with E-state index in [0.717, 1.165) is 11.1 Å². The second-order valence-corrected chi connectivity index (χ2v) is 10.1. The van der Waals surface area contributed by atoms with Crippen LogP contribution in [0.25, 0.3) is 11.4 Å². The van der Waals surface area contributed by atoms with Crippen molar-refractivity contribution in [2.45, 2.75) is 52.4 Å². The molecule has 0 spiro atoms. The van der Waals surface area contributed by atoms with Crippen LogP contribution in [0.2, 0.25) is 0 Å². The lowest BCUT2D eigenvalue weighted by Crippen LogP contribution is -2.49. The molecular formula is C28H30FN7O2. The zero-order valence-electron chi connectivity index (χ0n) is 21.8. The van der Waals surface area contributed by atoms with Gasteiger partial charge in [0.15, 0.2) is 0 Å². The number of tetrazole rings is 1. The molecule has 196 valence electrons. The maximum Gasteiger partial charge on any atom is 0.247 e. The Balaban J connectivity index is 1.68. The van der Waals surface area contributed by atoms with E-state index in [4.69, 9.17) is 0 Å². The quantitative estimate of drug-likeness (QED) is 0.382. The van der Waals surface area contributed by atoms with Crippen molar-refractivity contribution >= 4 is 11.8 Å². The van der Waals surface area contributed by atoms with Gasteiger partial charge in [0.1, 0.15) is 18.4 Å². The highest BCUT2D eigenvalue weighted by molar-refractivity contribution is 5.89. The molecule has 0 aliphatic rings. The molecule has 0 aliphatic heterocycles. The van der Waals surface area contributed by atoms with Gasteiger partial charge in [-0.25, -0.2) is 4.39 Å². The lowest BCUT2D eigenvalue weighted by Gasteiger charge is -2.33. The van der Waals surface area contributed by atoms with Gasteiger partial charge in [-0.3, -0.25) is 14.6 Å². The number of aromatic nitrogens is 5. The zero-order valence-corrected chi connectivity index (χ0v) is 21.8. The molecule has 0 radical (unpaired) electrons. The number of benzene rings is 2. The number of carbonyl (C=O) groups is 2. The number of carbonyl (C=O) groups excluding carboxylic acids is 2. The predicted octanol–water partition coefficient (Wildman–Crippen LogP) is 3.87. The summed E-state index contributed by atoms with van der Waals surface area (Å²) in [5.74, 6) is -0.767. The lowest BCUT2D eigenvalue weighted by molar-refractivity contribution is -0.143. The average molecular weight is 516 g/mol. The van der Waals surface area contributed by atoms with E-state index in [2.05, 4.69) is 25.7 Å². The lowest BCUT2D eigenvalue weighted by atomic mass is 10.0. The summed E-state index contributed by atoms with van der Waals surface area (Å²) in [4.78, 5) is 34.1. The molecule has 2 aromatic carbocycles.